The van der Waals surface area contributed by atoms with Crippen LogP contribution in [0.25, 0.3) is 0 Å². The Labute approximate surface area is 131 Å². The molecule has 0 bridgehead atoms. The highest BCUT2D eigenvalue weighted by Gasteiger charge is 2.16. The summed E-state index contributed by atoms with van der Waals surface area (Å²) in [6.07, 6.45) is 0. The molecule has 0 saturated carbocycles. The largest absolute Gasteiger partial charge is 0.379 e. The quantitative estimate of drug-likeness (QED) is 0.618. The summed E-state index contributed by atoms with van der Waals surface area (Å²) in [4.78, 5) is 8.38. The second-order valence-corrected chi connectivity index (χ2v) is 6.19. The van der Waals surface area contributed by atoms with E-state index in [0.29, 0.717) is 6.04 Å². The van der Waals surface area contributed by atoms with Crippen LogP contribution in [0, 0.1) is 0 Å². The Morgan fingerprint density at radius 2 is 2.24 bits per heavy atom. The first-order chi connectivity index (χ1) is 10.3. The number of guanidine groups is 1. The predicted molar refractivity (Wildman–Crippen MR) is 89.0 cm³/mol. The molecule has 6 heteroatoms. The van der Waals surface area contributed by atoms with E-state index >= 15 is 0 Å². The van der Waals surface area contributed by atoms with Crippen molar-refractivity contribution in [3.63, 3.8) is 0 Å². The molecule has 0 spiro atoms. The van der Waals surface area contributed by atoms with Gasteiger partial charge in [-0.3, -0.25) is 4.90 Å². The van der Waals surface area contributed by atoms with E-state index in [1.54, 1.807) is 11.3 Å². The fraction of sp³-hybridized carbons (Fsp3) is 0.667. The van der Waals surface area contributed by atoms with Gasteiger partial charge in [-0.1, -0.05) is 6.07 Å². The van der Waals surface area contributed by atoms with Gasteiger partial charge in [-0.15, -0.1) is 11.3 Å². The van der Waals surface area contributed by atoms with E-state index in [9.17, 15) is 0 Å². The Morgan fingerprint density at radius 3 is 2.90 bits per heavy atom. The molecular weight excluding hydrogens is 284 g/mol. The zero-order valence-electron chi connectivity index (χ0n) is 13.0. The van der Waals surface area contributed by atoms with E-state index in [1.807, 2.05) is 0 Å². The third-order valence-electron chi connectivity index (χ3n) is 3.55. The molecule has 1 aromatic heterocycles. The minimum atomic E-state index is 0.486. The van der Waals surface area contributed by atoms with Gasteiger partial charge >= 0.3 is 0 Å². The predicted octanol–water partition coefficient (Wildman–Crippen LogP) is 1.52. The van der Waals surface area contributed by atoms with Crippen LogP contribution in [0.5, 0.6) is 0 Å². The Kier molecular flexibility index (Phi) is 6.99. The molecule has 0 amide bonds. The number of hydrogen-bond donors (Lipinski definition) is 2. The summed E-state index contributed by atoms with van der Waals surface area (Å²) in [5, 5.41) is 8.83. The third-order valence-corrected chi connectivity index (χ3v) is 4.41. The monoisotopic (exact) mass is 310 g/mol. The van der Waals surface area contributed by atoms with Crippen molar-refractivity contribution in [2.24, 2.45) is 4.99 Å². The van der Waals surface area contributed by atoms with Crippen LogP contribution in [0.1, 0.15) is 18.7 Å². The summed E-state index contributed by atoms with van der Waals surface area (Å²) in [6.45, 7) is 10.6. The van der Waals surface area contributed by atoms with Gasteiger partial charge in [-0.25, -0.2) is 4.99 Å². The summed E-state index contributed by atoms with van der Waals surface area (Å²) in [6, 6.07) is 4.67. The van der Waals surface area contributed by atoms with Crippen molar-refractivity contribution in [1.82, 2.24) is 15.5 Å². The molecule has 0 aliphatic carbocycles. The molecule has 1 unspecified atom stereocenters. The number of ether oxygens (including phenoxy) is 1. The molecule has 1 aromatic rings. The standard InChI is InChI=1S/C15H26N4OS/c1-3-16-15(18-12-14-5-4-10-21-14)17-11-13(2)19-6-8-20-9-7-19/h4-5,10,13H,3,6-9,11-12H2,1-2H3,(H2,16,17,18). The van der Waals surface area contributed by atoms with E-state index in [2.05, 4.69) is 51.9 Å². The highest BCUT2D eigenvalue weighted by molar-refractivity contribution is 7.09. The molecule has 1 fully saturated rings. The summed E-state index contributed by atoms with van der Waals surface area (Å²) >= 11 is 1.75. The average molecular weight is 310 g/mol. The van der Waals surface area contributed by atoms with Gasteiger partial charge in [0.2, 0.25) is 0 Å². The van der Waals surface area contributed by atoms with Crippen molar-refractivity contribution in [1.29, 1.82) is 0 Å². The fourth-order valence-electron chi connectivity index (χ4n) is 2.29. The molecule has 2 N–H and O–H groups in total. The Hall–Kier alpha value is -1.11. The maximum absolute atomic E-state index is 5.40. The second-order valence-electron chi connectivity index (χ2n) is 5.15. The highest BCUT2D eigenvalue weighted by atomic mass is 32.1. The van der Waals surface area contributed by atoms with Crippen LogP contribution in [0.4, 0.5) is 0 Å². The maximum atomic E-state index is 5.40. The summed E-state index contributed by atoms with van der Waals surface area (Å²) in [5.41, 5.74) is 0. The van der Waals surface area contributed by atoms with Gasteiger partial charge in [0, 0.05) is 37.1 Å². The Bertz CT molecular complexity index is 415. The Balaban J connectivity index is 1.79. The number of rotatable bonds is 6. The summed E-state index contributed by atoms with van der Waals surface area (Å²) in [5.74, 6) is 0.894. The number of thiophene rings is 1. The molecular formula is C15H26N4OS. The zero-order valence-corrected chi connectivity index (χ0v) is 13.8. The molecule has 1 atom stereocenters. The molecule has 0 aromatic carbocycles. The van der Waals surface area contributed by atoms with Crippen molar-refractivity contribution >= 4 is 17.3 Å². The first-order valence-electron chi connectivity index (χ1n) is 7.66. The number of nitrogens with one attached hydrogen (secondary N) is 2. The first-order valence-corrected chi connectivity index (χ1v) is 8.54. The van der Waals surface area contributed by atoms with Crippen molar-refractivity contribution < 1.29 is 4.74 Å². The van der Waals surface area contributed by atoms with Gasteiger partial charge in [0.1, 0.15) is 0 Å². The van der Waals surface area contributed by atoms with Crippen LogP contribution in [0.3, 0.4) is 0 Å². The maximum Gasteiger partial charge on any atom is 0.191 e. The van der Waals surface area contributed by atoms with Gasteiger partial charge in [-0.2, -0.15) is 0 Å². The van der Waals surface area contributed by atoms with Crippen molar-refractivity contribution in [2.75, 3.05) is 39.4 Å². The van der Waals surface area contributed by atoms with Crippen molar-refractivity contribution in [3.05, 3.63) is 22.4 Å². The topological polar surface area (TPSA) is 48.9 Å². The van der Waals surface area contributed by atoms with Crippen LogP contribution < -0.4 is 10.6 Å². The smallest absolute Gasteiger partial charge is 0.191 e. The number of aliphatic imine (C=N–C) groups is 1. The molecule has 1 aliphatic rings. The lowest BCUT2D eigenvalue weighted by Crippen LogP contribution is -2.49. The Morgan fingerprint density at radius 1 is 1.43 bits per heavy atom. The average Bonchev–Trinajstić information content (AvgIpc) is 3.04. The second kappa shape index (κ2) is 9.02. The van der Waals surface area contributed by atoms with E-state index < -0.39 is 0 Å². The zero-order chi connectivity index (χ0) is 14.9. The van der Waals surface area contributed by atoms with Gasteiger partial charge < -0.3 is 15.4 Å². The van der Waals surface area contributed by atoms with E-state index in [4.69, 9.17) is 4.74 Å². The van der Waals surface area contributed by atoms with Gasteiger partial charge in [0.05, 0.1) is 19.8 Å². The van der Waals surface area contributed by atoms with Crippen LogP contribution in [0.2, 0.25) is 0 Å². The van der Waals surface area contributed by atoms with Crippen LogP contribution in [-0.4, -0.2) is 56.3 Å². The SMILES string of the molecule is CCNC(=NCc1cccs1)NCC(C)N1CCOCC1. The molecule has 1 saturated heterocycles. The van der Waals surface area contributed by atoms with Crippen LogP contribution in [0.15, 0.2) is 22.5 Å². The molecule has 1 aliphatic heterocycles. The molecule has 21 heavy (non-hydrogen) atoms. The van der Waals surface area contributed by atoms with E-state index in [1.165, 1.54) is 4.88 Å². The molecule has 2 heterocycles. The first kappa shape index (κ1) is 16.3. The lowest BCUT2D eigenvalue weighted by Gasteiger charge is -2.32. The molecule has 0 radical (unpaired) electrons. The van der Waals surface area contributed by atoms with E-state index in [0.717, 1.165) is 51.9 Å². The normalized spacial score (nSPS) is 18.5. The molecule has 118 valence electrons. The van der Waals surface area contributed by atoms with Gasteiger partial charge in [-0.05, 0) is 25.3 Å². The van der Waals surface area contributed by atoms with Crippen molar-refractivity contribution in [3.8, 4) is 0 Å². The minimum Gasteiger partial charge on any atom is -0.379 e. The molecule has 2 rings (SSSR count). The fourth-order valence-corrected chi connectivity index (χ4v) is 2.92. The van der Waals surface area contributed by atoms with E-state index in [-0.39, 0.29) is 0 Å². The van der Waals surface area contributed by atoms with Crippen molar-refractivity contribution in [2.45, 2.75) is 26.4 Å². The number of hydrogen-bond acceptors (Lipinski definition) is 4. The lowest BCUT2D eigenvalue weighted by molar-refractivity contribution is 0.0211. The van der Waals surface area contributed by atoms with Crippen LogP contribution >= 0.6 is 11.3 Å². The number of morpholine rings is 1. The van der Waals surface area contributed by atoms with Gasteiger partial charge in [0.25, 0.3) is 0 Å². The number of nitrogens with zero attached hydrogens (tertiary/aromatic N) is 2. The summed E-state index contributed by atoms with van der Waals surface area (Å²) in [7, 11) is 0. The van der Waals surface area contributed by atoms with Gasteiger partial charge in [0.15, 0.2) is 5.96 Å². The summed E-state index contributed by atoms with van der Waals surface area (Å²) < 4.78 is 5.40. The highest BCUT2D eigenvalue weighted by Crippen LogP contribution is 2.09. The van der Waals surface area contributed by atoms with Crippen LogP contribution in [-0.2, 0) is 11.3 Å². The lowest BCUT2D eigenvalue weighted by atomic mass is 10.2. The minimum absolute atomic E-state index is 0.486. The molecule has 5 nitrogen and oxygen atoms in total. The third kappa shape index (κ3) is 5.65.